The molecule has 2 amide bonds. The average Bonchev–Trinajstić information content (AvgIpc) is 3.21. The van der Waals surface area contributed by atoms with E-state index in [4.69, 9.17) is 0 Å². The van der Waals surface area contributed by atoms with E-state index in [0.717, 1.165) is 0 Å². The van der Waals surface area contributed by atoms with Gasteiger partial charge in [0.15, 0.2) is 5.65 Å². The summed E-state index contributed by atoms with van der Waals surface area (Å²) in [6, 6.07) is 3.98. The normalized spacial score (nSPS) is 16.3. The fourth-order valence-electron chi connectivity index (χ4n) is 3.98. The molecule has 7 nitrogen and oxygen atoms in total. The molecular formula is C22H22F4N6O. The van der Waals surface area contributed by atoms with Gasteiger partial charge in [0.1, 0.15) is 5.82 Å². The van der Waals surface area contributed by atoms with Gasteiger partial charge in [-0.3, -0.25) is 0 Å². The number of fused-ring (bicyclic) bond motifs is 1. The van der Waals surface area contributed by atoms with Crippen LogP contribution in [0, 0.1) is 18.7 Å². The molecule has 4 rings (SSSR count). The topological polar surface area (TPSA) is 83.0 Å². The predicted octanol–water partition coefficient (Wildman–Crippen LogP) is 4.99. The van der Waals surface area contributed by atoms with Crippen LogP contribution < -0.4 is 10.6 Å². The number of halogens is 4. The lowest BCUT2D eigenvalue weighted by Gasteiger charge is -2.19. The molecule has 3 aromatic rings. The number of carbonyl (C=O) groups excluding carboxylic acids is 1. The standard InChI is InChI=1S/C22H22F4N6O/c1-12-5-17(23)18(30-21(33)32-4-3-13(11-32)8-22(24,25)26)7-16(12)14-6-15-10-29-20(27-2)31-19(15)28-9-14/h5-7,9-10,13H,3-4,8,11H2,1-2H3,(H,30,33)(H,27,28,29,31)/t13-/m1/s1. The molecule has 0 radical (unpaired) electrons. The van der Waals surface area contributed by atoms with Crippen molar-refractivity contribution >= 4 is 28.7 Å². The second-order valence-electron chi connectivity index (χ2n) is 8.08. The number of anilines is 2. The number of hydrogen-bond donors (Lipinski definition) is 2. The molecule has 0 saturated carbocycles. The van der Waals surface area contributed by atoms with Crippen LogP contribution in [0.4, 0.5) is 34.0 Å². The van der Waals surface area contributed by atoms with Gasteiger partial charge in [0, 0.05) is 49.9 Å². The van der Waals surface area contributed by atoms with Crippen LogP contribution in [0.2, 0.25) is 0 Å². The maximum absolute atomic E-state index is 14.6. The summed E-state index contributed by atoms with van der Waals surface area (Å²) >= 11 is 0. The number of alkyl halides is 3. The third kappa shape index (κ3) is 5.12. The summed E-state index contributed by atoms with van der Waals surface area (Å²) in [6.45, 7) is 1.90. The monoisotopic (exact) mass is 462 g/mol. The minimum absolute atomic E-state index is 0.0190. The minimum Gasteiger partial charge on any atom is -0.357 e. The van der Waals surface area contributed by atoms with Crippen LogP contribution in [-0.2, 0) is 0 Å². The second kappa shape index (κ2) is 8.80. The highest BCUT2D eigenvalue weighted by molar-refractivity contribution is 5.91. The molecular weight excluding hydrogens is 440 g/mol. The van der Waals surface area contributed by atoms with Crippen LogP contribution >= 0.6 is 0 Å². The molecule has 0 bridgehead atoms. The van der Waals surface area contributed by atoms with Gasteiger partial charge in [0.05, 0.1) is 5.69 Å². The Bertz CT molecular complexity index is 1200. The molecule has 1 atom stereocenters. The van der Waals surface area contributed by atoms with E-state index in [2.05, 4.69) is 25.6 Å². The van der Waals surface area contributed by atoms with Gasteiger partial charge in [0.25, 0.3) is 0 Å². The Labute approximate surface area is 187 Å². The van der Waals surface area contributed by atoms with Gasteiger partial charge in [0.2, 0.25) is 5.95 Å². The van der Waals surface area contributed by atoms with Crippen molar-refractivity contribution in [2.24, 2.45) is 5.92 Å². The lowest BCUT2D eigenvalue weighted by atomic mass is 10.0. The number of rotatable bonds is 4. The molecule has 174 valence electrons. The van der Waals surface area contributed by atoms with E-state index in [-0.39, 0.29) is 25.2 Å². The zero-order chi connectivity index (χ0) is 23.8. The Morgan fingerprint density at radius 3 is 2.73 bits per heavy atom. The van der Waals surface area contributed by atoms with E-state index in [1.54, 1.807) is 26.4 Å². The minimum atomic E-state index is -4.28. The van der Waals surface area contributed by atoms with Gasteiger partial charge >= 0.3 is 12.2 Å². The Hall–Kier alpha value is -3.50. The summed E-state index contributed by atoms with van der Waals surface area (Å²) in [7, 11) is 1.70. The molecule has 1 fully saturated rings. The van der Waals surface area contributed by atoms with E-state index in [1.807, 2.05) is 6.07 Å². The molecule has 1 saturated heterocycles. The average molecular weight is 462 g/mol. The van der Waals surface area contributed by atoms with Crippen LogP contribution in [0.25, 0.3) is 22.2 Å². The van der Waals surface area contributed by atoms with Crippen LogP contribution in [0.3, 0.4) is 0 Å². The smallest absolute Gasteiger partial charge is 0.357 e. The Balaban J connectivity index is 1.55. The molecule has 1 aromatic carbocycles. The first-order valence-corrected chi connectivity index (χ1v) is 10.4. The second-order valence-corrected chi connectivity index (χ2v) is 8.08. The van der Waals surface area contributed by atoms with Gasteiger partial charge in [-0.15, -0.1) is 0 Å². The summed E-state index contributed by atoms with van der Waals surface area (Å²) in [5, 5.41) is 6.03. The van der Waals surface area contributed by atoms with E-state index in [1.165, 1.54) is 17.0 Å². The van der Waals surface area contributed by atoms with Crippen molar-refractivity contribution in [2.45, 2.75) is 25.9 Å². The number of nitrogens with one attached hydrogen (secondary N) is 2. The number of urea groups is 1. The van der Waals surface area contributed by atoms with Crippen LogP contribution in [0.1, 0.15) is 18.4 Å². The van der Waals surface area contributed by atoms with E-state index >= 15 is 0 Å². The van der Waals surface area contributed by atoms with Crippen molar-refractivity contribution in [1.29, 1.82) is 0 Å². The molecule has 33 heavy (non-hydrogen) atoms. The molecule has 2 N–H and O–H groups in total. The third-order valence-electron chi connectivity index (χ3n) is 5.62. The molecule has 1 aliphatic rings. The van der Waals surface area contributed by atoms with Gasteiger partial charge in [-0.2, -0.15) is 18.2 Å². The first-order valence-electron chi connectivity index (χ1n) is 10.4. The lowest BCUT2D eigenvalue weighted by Crippen LogP contribution is -2.33. The zero-order valence-electron chi connectivity index (χ0n) is 18.0. The van der Waals surface area contributed by atoms with E-state index in [9.17, 15) is 22.4 Å². The van der Waals surface area contributed by atoms with E-state index in [0.29, 0.717) is 33.7 Å². The highest BCUT2D eigenvalue weighted by Gasteiger charge is 2.36. The van der Waals surface area contributed by atoms with Crippen molar-refractivity contribution in [3.63, 3.8) is 0 Å². The molecule has 0 spiro atoms. The highest BCUT2D eigenvalue weighted by Crippen LogP contribution is 2.32. The number of likely N-dealkylation sites (tertiary alicyclic amines) is 1. The number of nitrogens with zero attached hydrogens (tertiary/aromatic N) is 4. The van der Waals surface area contributed by atoms with Crippen LogP contribution in [0.15, 0.2) is 30.6 Å². The van der Waals surface area contributed by atoms with Gasteiger partial charge < -0.3 is 15.5 Å². The van der Waals surface area contributed by atoms with Crippen molar-refractivity contribution in [2.75, 3.05) is 30.8 Å². The quantitative estimate of drug-likeness (QED) is 0.534. The maximum Gasteiger partial charge on any atom is 0.389 e. The number of aryl methyl sites for hydroxylation is 1. The third-order valence-corrected chi connectivity index (χ3v) is 5.62. The maximum atomic E-state index is 14.6. The number of amides is 2. The lowest BCUT2D eigenvalue weighted by molar-refractivity contribution is -0.143. The number of hydrogen-bond acceptors (Lipinski definition) is 5. The fourth-order valence-corrected chi connectivity index (χ4v) is 3.98. The van der Waals surface area contributed by atoms with Gasteiger partial charge in [-0.1, -0.05) is 0 Å². The summed E-state index contributed by atoms with van der Waals surface area (Å²) in [6.07, 6.45) is -1.73. The summed E-state index contributed by atoms with van der Waals surface area (Å²) < 4.78 is 52.5. The fraction of sp³-hybridized carbons (Fsp3) is 0.364. The number of carbonyl (C=O) groups is 1. The van der Waals surface area contributed by atoms with Crippen molar-refractivity contribution in [3.8, 4) is 11.1 Å². The Morgan fingerprint density at radius 2 is 2.00 bits per heavy atom. The number of aromatic nitrogens is 3. The SMILES string of the molecule is CNc1ncc2cc(-c3cc(NC(=O)N4CC[C@H](CC(F)(F)F)C4)c(F)cc3C)cnc2n1. The summed E-state index contributed by atoms with van der Waals surface area (Å²) in [5.41, 5.74) is 2.40. The molecule has 11 heteroatoms. The molecule has 2 aromatic heterocycles. The Kier molecular flexibility index (Phi) is 6.05. The molecule has 1 aliphatic heterocycles. The summed E-state index contributed by atoms with van der Waals surface area (Å²) in [4.78, 5) is 26.6. The molecule has 0 aliphatic carbocycles. The van der Waals surface area contributed by atoms with E-state index < -0.39 is 30.4 Å². The van der Waals surface area contributed by atoms with Crippen molar-refractivity contribution in [3.05, 3.63) is 42.0 Å². The van der Waals surface area contributed by atoms with Crippen LogP contribution in [-0.4, -0.2) is 52.2 Å². The number of pyridine rings is 1. The summed E-state index contributed by atoms with van der Waals surface area (Å²) in [5.74, 6) is -0.847. The van der Waals surface area contributed by atoms with Gasteiger partial charge in [-0.25, -0.2) is 19.2 Å². The largest absolute Gasteiger partial charge is 0.389 e. The first kappa shape index (κ1) is 22.7. The van der Waals surface area contributed by atoms with Crippen molar-refractivity contribution < 1.29 is 22.4 Å². The first-order chi connectivity index (χ1) is 15.6. The highest BCUT2D eigenvalue weighted by atomic mass is 19.4. The van der Waals surface area contributed by atoms with Crippen molar-refractivity contribution in [1.82, 2.24) is 19.9 Å². The predicted molar refractivity (Wildman–Crippen MR) is 116 cm³/mol. The molecule has 0 unspecified atom stereocenters. The zero-order valence-corrected chi connectivity index (χ0v) is 18.0. The van der Waals surface area contributed by atoms with Crippen LogP contribution in [0.5, 0.6) is 0 Å². The Morgan fingerprint density at radius 1 is 1.21 bits per heavy atom. The number of benzene rings is 1. The molecule has 3 heterocycles. The van der Waals surface area contributed by atoms with Gasteiger partial charge in [-0.05, 0) is 48.6 Å².